The summed E-state index contributed by atoms with van der Waals surface area (Å²) in [4.78, 5) is 5.52. The molecule has 3 rings (SSSR count). The topological polar surface area (TPSA) is 56.2 Å². The van der Waals surface area contributed by atoms with Gasteiger partial charge in [0.1, 0.15) is 0 Å². The SMILES string of the molecule is NCc1ccc2nc(-c3ccc(Br)s3)nn2c1. The maximum Gasteiger partial charge on any atom is 0.192 e. The van der Waals surface area contributed by atoms with E-state index in [2.05, 4.69) is 26.0 Å². The number of thiophene rings is 1. The lowest BCUT2D eigenvalue weighted by Gasteiger charge is -1.95. The molecular formula is C11H9BrN4S. The molecule has 4 nitrogen and oxygen atoms in total. The Labute approximate surface area is 110 Å². The number of nitrogens with two attached hydrogens (primary N) is 1. The lowest BCUT2D eigenvalue weighted by Crippen LogP contribution is -1.98. The molecule has 17 heavy (non-hydrogen) atoms. The van der Waals surface area contributed by atoms with Crippen molar-refractivity contribution >= 4 is 32.9 Å². The number of rotatable bonds is 2. The average molecular weight is 309 g/mol. The van der Waals surface area contributed by atoms with Gasteiger partial charge in [-0.15, -0.1) is 16.4 Å². The Morgan fingerprint density at radius 2 is 2.18 bits per heavy atom. The predicted octanol–water partition coefficient (Wildman–Crippen LogP) is 2.68. The van der Waals surface area contributed by atoms with Gasteiger partial charge in [-0.3, -0.25) is 0 Å². The van der Waals surface area contributed by atoms with E-state index >= 15 is 0 Å². The maximum atomic E-state index is 5.60. The normalized spacial score (nSPS) is 11.2. The summed E-state index contributed by atoms with van der Waals surface area (Å²) < 4.78 is 2.85. The molecule has 3 aromatic heterocycles. The van der Waals surface area contributed by atoms with Crippen LogP contribution in [0.3, 0.4) is 0 Å². The fraction of sp³-hybridized carbons (Fsp3) is 0.0909. The summed E-state index contributed by atoms with van der Waals surface area (Å²) in [5.41, 5.74) is 7.47. The van der Waals surface area contributed by atoms with Gasteiger partial charge in [-0.25, -0.2) is 9.50 Å². The Morgan fingerprint density at radius 3 is 2.88 bits per heavy atom. The third-order valence-electron chi connectivity index (χ3n) is 2.42. The van der Waals surface area contributed by atoms with Crippen LogP contribution in [0.2, 0.25) is 0 Å². The quantitative estimate of drug-likeness (QED) is 0.792. The number of fused-ring (bicyclic) bond motifs is 1. The number of pyridine rings is 1. The van der Waals surface area contributed by atoms with E-state index in [1.165, 1.54) is 0 Å². The first-order valence-corrected chi connectivity index (χ1v) is 6.68. The maximum absolute atomic E-state index is 5.60. The van der Waals surface area contributed by atoms with Crippen LogP contribution < -0.4 is 5.73 Å². The van der Waals surface area contributed by atoms with Crippen LogP contribution in [0.4, 0.5) is 0 Å². The van der Waals surface area contributed by atoms with Crippen LogP contribution in [0, 0.1) is 0 Å². The van der Waals surface area contributed by atoms with Gasteiger partial charge in [0.05, 0.1) is 8.66 Å². The van der Waals surface area contributed by atoms with Crippen LogP contribution in [0.25, 0.3) is 16.3 Å². The number of aromatic nitrogens is 3. The van der Waals surface area contributed by atoms with E-state index in [-0.39, 0.29) is 0 Å². The van der Waals surface area contributed by atoms with Gasteiger partial charge < -0.3 is 5.73 Å². The molecule has 0 saturated heterocycles. The van der Waals surface area contributed by atoms with Gasteiger partial charge in [-0.2, -0.15) is 0 Å². The van der Waals surface area contributed by atoms with Crippen LogP contribution in [-0.2, 0) is 6.54 Å². The smallest absolute Gasteiger partial charge is 0.192 e. The summed E-state index contributed by atoms with van der Waals surface area (Å²) >= 11 is 5.06. The van der Waals surface area contributed by atoms with Gasteiger partial charge in [0, 0.05) is 12.7 Å². The van der Waals surface area contributed by atoms with Crippen molar-refractivity contribution in [3.05, 3.63) is 39.8 Å². The van der Waals surface area contributed by atoms with E-state index in [0.29, 0.717) is 6.54 Å². The molecular weight excluding hydrogens is 300 g/mol. The van der Waals surface area contributed by atoms with Crippen molar-refractivity contribution in [2.24, 2.45) is 5.73 Å². The van der Waals surface area contributed by atoms with Crippen molar-refractivity contribution in [3.8, 4) is 10.7 Å². The highest BCUT2D eigenvalue weighted by Gasteiger charge is 2.08. The van der Waals surface area contributed by atoms with E-state index in [1.54, 1.807) is 15.9 Å². The van der Waals surface area contributed by atoms with Crippen molar-refractivity contribution in [1.29, 1.82) is 0 Å². The molecule has 0 spiro atoms. The van der Waals surface area contributed by atoms with Crippen molar-refractivity contribution in [2.75, 3.05) is 0 Å². The Kier molecular flexibility index (Phi) is 2.70. The number of hydrogen-bond donors (Lipinski definition) is 1. The Morgan fingerprint density at radius 1 is 1.29 bits per heavy atom. The summed E-state index contributed by atoms with van der Waals surface area (Å²) in [6.45, 7) is 0.510. The van der Waals surface area contributed by atoms with Crippen LogP contribution in [0.1, 0.15) is 5.56 Å². The van der Waals surface area contributed by atoms with Gasteiger partial charge in [0.25, 0.3) is 0 Å². The van der Waals surface area contributed by atoms with E-state index in [9.17, 15) is 0 Å². The lowest BCUT2D eigenvalue weighted by atomic mass is 10.3. The molecule has 3 heterocycles. The zero-order valence-corrected chi connectivity index (χ0v) is 11.2. The molecule has 0 amide bonds. The Balaban J connectivity index is 2.13. The Hall–Kier alpha value is -1.24. The van der Waals surface area contributed by atoms with Gasteiger partial charge in [0.2, 0.25) is 0 Å². The van der Waals surface area contributed by atoms with Crippen molar-refractivity contribution in [1.82, 2.24) is 14.6 Å². The summed E-state index contributed by atoms with van der Waals surface area (Å²) in [5.74, 6) is 0.745. The first-order chi connectivity index (χ1) is 8.26. The van der Waals surface area contributed by atoms with Gasteiger partial charge in [-0.1, -0.05) is 6.07 Å². The summed E-state index contributed by atoms with van der Waals surface area (Å²) in [5, 5.41) is 4.44. The van der Waals surface area contributed by atoms with Gasteiger partial charge in [0.15, 0.2) is 11.5 Å². The van der Waals surface area contributed by atoms with E-state index < -0.39 is 0 Å². The largest absolute Gasteiger partial charge is 0.326 e. The predicted molar refractivity (Wildman–Crippen MR) is 71.9 cm³/mol. The molecule has 6 heteroatoms. The lowest BCUT2D eigenvalue weighted by molar-refractivity contribution is 0.931. The first-order valence-electron chi connectivity index (χ1n) is 5.07. The third kappa shape index (κ3) is 1.99. The van der Waals surface area contributed by atoms with Crippen LogP contribution in [0.15, 0.2) is 34.2 Å². The number of halogens is 1. The minimum Gasteiger partial charge on any atom is -0.326 e. The highest BCUT2D eigenvalue weighted by molar-refractivity contribution is 9.11. The first kappa shape index (κ1) is 10.9. The second-order valence-corrected chi connectivity index (χ2v) is 6.05. The minimum atomic E-state index is 0.510. The molecule has 0 saturated carbocycles. The molecule has 0 aliphatic heterocycles. The van der Waals surface area contributed by atoms with Crippen molar-refractivity contribution in [2.45, 2.75) is 6.54 Å². The minimum absolute atomic E-state index is 0.510. The molecule has 0 unspecified atom stereocenters. The molecule has 0 aliphatic rings. The highest BCUT2D eigenvalue weighted by atomic mass is 79.9. The highest BCUT2D eigenvalue weighted by Crippen LogP contribution is 2.29. The molecule has 0 aliphatic carbocycles. The van der Waals surface area contributed by atoms with Gasteiger partial charge >= 0.3 is 0 Å². The van der Waals surface area contributed by atoms with Crippen LogP contribution in [-0.4, -0.2) is 14.6 Å². The molecule has 86 valence electrons. The van der Waals surface area contributed by atoms with Crippen LogP contribution >= 0.6 is 27.3 Å². The molecule has 0 bridgehead atoms. The number of nitrogens with zero attached hydrogens (tertiary/aromatic N) is 3. The fourth-order valence-corrected chi connectivity index (χ4v) is 2.90. The second-order valence-electron chi connectivity index (χ2n) is 3.58. The molecule has 0 aromatic carbocycles. The van der Waals surface area contributed by atoms with E-state index in [0.717, 1.165) is 25.7 Å². The van der Waals surface area contributed by atoms with E-state index in [1.807, 2.05) is 30.5 Å². The van der Waals surface area contributed by atoms with Crippen molar-refractivity contribution < 1.29 is 0 Å². The zero-order chi connectivity index (χ0) is 11.8. The van der Waals surface area contributed by atoms with Gasteiger partial charge in [-0.05, 0) is 39.7 Å². The second kappa shape index (κ2) is 4.21. The molecule has 0 fully saturated rings. The zero-order valence-electron chi connectivity index (χ0n) is 8.80. The number of hydrogen-bond acceptors (Lipinski definition) is 4. The summed E-state index contributed by atoms with van der Waals surface area (Å²) in [6, 6.07) is 7.91. The summed E-state index contributed by atoms with van der Waals surface area (Å²) in [6.07, 6.45) is 1.91. The molecule has 0 radical (unpaired) electrons. The Bertz CT molecular complexity index is 673. The monoisotopic (exact) mass is 308 g/mol. The van der Waals surface area contributed by atoms with Crippen LogP contribution in [0.5, 0.6) is 0 Å². The van der Waals surface area contributed by atoms with Crippen molar-refractivity contribution in [3.63, 3.8) is 0 Å². The standard InChI is InChI=1S/C11H9BrN4S/c12-9-3-2-8(17-9)11-14-10-4-1-7(5-13)6-16(10)15-11/h1-4,6H,5,13H2. The average Bonchev–Trinajstić information content (AvgIpc) is 2.93. The molecule has 3 aromatic rings. The third-order valence-corrected chi connectivity index (χ3v) is 4.04. The summed E-state index contributed by atoms with van der Waals surface area (Å²) in [7, 11) is 0. The molecule has 2 N–H and O–H groups in total. The molecule has 0 atom stereocenters. The van der Waals surface area contributed by atoms with E-state index in [4.69, 9.17) is 5.73 Å². The fourth-order valence-electron chi connectivity index (χ4n) is 1.59.